The minimum absolute atomic E-state index is 0.0326. The first-order valence-electron chi connectivity index (χ1n) is 5.18. The molecule has 0 saturated carbocycles. The predicted octanol–water partition coefficient (Wildman–Crippen LogP) is 1.39. The van der Waals surface area contributed by atoms with Crippen molar-refractivity contribution in [3.63, 3.8) is 0 Å². The summed E-state index contributed by atoms with van der Waals surface area (Å²) in [7, 11) is 0. The fraction of sp³-hybridized carbons (Fsp3) is 0.364. The van der Waals surface area contributed by atoms with Crippen molar-refractivity contribution in [2.45, 2.75) is 6.04 Å². The lowest BCUT2D eigenvalue weighted by Gasteiger charge is -2.13. The van der Waals surface area contributed by atoms with Crippen LogP contribution in [-0.4, -0.2) is 25.2 Å². The molecular formula is C11H12ClFN2O2. The lowest BCUT2D eigenvalue weighted by molar-refractivity contribution is -0.120. The van der Waals surface area contributed by atoms with Crippen LogP contribution in [0.5, 0.6) is 0 Å². The van der Waals surface area contributed by atoms with E-state index in [-0.39, 0.29) is 29.3 Å². The summed E-state index contributed by atoms with van der Waals surface area (Å²) in [6.45, 7) is 0.602. The van der Waals surface area contributed by atoms with Crippen LogP contribution in [0.2, 0.25) is 5.02 Å². The van der Waals surface area contributed by atoms with Gasteiger partial charge in [0.1, 0.15) is 0 Å². The monoisotopic (exact) mass is 258 g/mol. The molecule has 4 nitrogen and oxygen atoms in total. The molecule has 0 bridgehead atoms. The standard InChI is InChI=1S/C11H12ClFN2O2/c12-7-2-1-3-9(10(7)13)15-11(16)6-4-17-5-8(6)14/h1-3,6,8H,4-5,14H2,(H,15,16). The van der Waals surface area contributed by atoms with E-state index in [4.69, 9.17) is 22.1 Å². The van der Waals surface area contributed by atoms with Crippen LogP contribution in [0.25, 0.3) is 0 Å². The van der Waals surface area contributed by atoms with E-state index in [1.165, 1.54) is 12.1 Å². The van der Waals surface area contributed by atoms with Crippen molar-refractivity contribution < 1.29 is 13.9 Å². The topological polar surface area (TPSA) is 64.3 Å². The zero-order valence-electron chi connectivity index (χ0n) is 8.95. The van der Waals surface area contributed by atoms with Crippen LogP contribution in [-0.2, 0) is 9.53 Å². The fourth-order valence-corrected chi connectivity index (χ4v) is 1.84. The number of carbonyl (C=O) groups is 1. The Balaban J connectivity index is 2.10. The van der Waals surface area contributed by atoms with Gasteiger partial charge in [0, 0.05) is 6.04 Å². The van der Waals surface area contributed by atoms with E-state index in [1.807, 2.05) is 0 Å². The summed E-state index contributed by atoms with van der Waals surface area (Å²) in [6.07, 6.45) is 0. The Bertz CT molecular complexity index is 441. The minimum Gasteiger partial charge on any atom is -0.379 e. The highest BCUT2D eigenvalue weighted by molar-refractivity contribution is 6.31. The summed E-state index contributed by atoms with van der Waals surface area (Å²) < 4.78 is 18.6. The van der Waals surface area contributed by atoms with Crippen LogP contribution >= 0.6 is 11.6 Å². The average Bonchev–Trinajstić information content (AvgIpc) is 2.71. The van der Waals surface area contributed by atoms with Gasteiger partial charge >= 0.3 is 0 Å². The number of benzene rings is 1. The van der Waals surface area contributed by atoms with E-state index in [0.717, 1.165) is 0 Å². The molecule has 1 heterocycles. The highest BCUT2D eigenvalue weighted by atomic mass is 35.5. The molecule has 1 saturated heterocycles. The van der Waals surface area contributed by atoms with Crippen molar-refractivity contribution in [3.05, 3.63) is 29.0 Å². The zero-order valence-corrected chi connectivity index (χ0v) is 9.71. The maximum atomic E-state index is 13.5. The van der Waals surface area contributed by atoms with Crippen molar-refractivity contribution in [2.24, 2.45) is 11.7 Å². The number of ether oxygens (including phenoxy) is 1. The van der Waals surface area contributed by atoms with Gasteiger partial charge in [-0.05, 0) is 12.1 Å². The first-order valence-corrected chi connectivity index (χ1v) is 5.55. The summed E-state index contributed by atoms with van der Waals surface area (Å²) in [5, 5.41) is 2.43. The van der Waals surface area contributed by atoms with Crippen LogP contribution in [0.1, 0.15) is 0 Å². The van der Waals surface area contributed by atoms with Crippen molar-refractivity contribution in [1.82, 2.24) is 0 Å². The second kappa shape index (κ2) is 5.00. The molecule has 3 N–H and O–H groups in total. The van der Waals surface area contributed by atoms with Gasteiger partial charge in [0.2, 0.25) is 5.91 Å². The zero-order chi connectivity index (χ0) is 12.4. The lowest BCUT2D eigenvalue weighted by atomic mass is 10.0. The van der Waals surface area contributed by atoms with Gasteiger partial charge < -0.3 is 15.8 Å². The molecule has 1 aromatic rings. The van der Waals surface area contributed by atoms with E-state index in [1.54, 1.807) is 6.07 Å². The van der Waals surface area contributed by atoms with Crippen LogP contribution in [0.4, 0.5) is 10.1 Å². The van der Waals surface area contributed by atoms with Gasteiger partial charge in [-0.2, -0.15) is 0 Å². The molecule has 92 valence electrons. The van der Waals surface area contributed by atoms with Crippen LogP contribution in [0.3, 0.4) is 0 Å². The van der Waals surface area contributed by atoms with Crippen molar-refractivity contribution in [3.8, 4) is 0 Å². The Morgan fingerprint density at radius 2 is 2.29 bits per heavy atom. The Morgan fingerprint density at radius 1 is 1.53 bits per heavy atom. The molecule has 2 rings (SSSR count). The number of rotatable bonds is 2. The molecule has 1 aliphatic rings. The van der Waals surface area contributed by atoms with Gasteiger partial charge in [-0.1, -0.05) is 17.7 Å². The molecular weight excluding hydrogens is 247 g/mol. The van der Waals surface area contributed by atoms with Crippen molar-refractivity contribution in [2.75, 3.05) is 18.5 Å². The Kier molecular flexibility index (Phi) is 3.61. The maximum Gasteiger partial charge on any atom is 0.231 e. The molecule has 0 aliphatic carbocycles. The van der Waals surface area contributed by atoms with Gasteiger partial charge in [0.25, 0.3) is 0 Å². The normalized spacial score (nSPS) is 23.7. The van der Waals surface area contributed by atoms with Gasteiger partial charge in [0.05, 0.1) is 29.8 Å². The number of carbonyl (C=O) groups excluding carboxylic acids is 1. The van der Waals surface area contributed by atoms with E-state index in [0.29, 0.717) is 6.61 Å². The van der Waals surface area contributed by atoms with Gasteiger partial charge in [-0.25, -0.2) is 4.39 Å². The second-order valence-corrected chi connectivity index (χ2v) is 4.31. The summed E-state index contributed by atoms with van der Waals surface area (Å²) in [5.41, 5.74) is 5.75. The summed E-state index contributed by atoms with van der Waals surface area (Å²) >= 11 is 5.61. The Labute approximate surface area is 103 Å². The summed E-state index contributed by atoms with van der Waals surface area (Å²) in [5.74, 6) is -1.44. The van der Waals surface area contributed by atoms with E-state index in [2.05, 4.69) is 5.32 Å². The van der Waals surface area contributed by atoms with E-state index < -0.39 is 11.7 Å². The molecule has 1 fully saturated rings. The average molecular weight is 259 g/mol. The molecule has 0 spiro atoms. The molecule has 1 aromatic carbocycles. The van der Waals surface area contributed by atoms with Crippen LogP contribution in [0, 0.1) is 11.7 Å². The van der Waals surface area contributed by atoms with Crippen molar-refractivity contribution in [1.29, 1.82) is 0 Å². The van der Waals surface area contributed by atoms with Crippen molar-refractivity contribution >= 4 is 23.2 Å². The summed E-state index contributed by atoms with van der Waals surface area (Å²) in [4.78, 5) is 11.8. The highest BCUT2D eigenvalue weighted by Gasteiger charge is 2.31. The third-order valence-electron chi connectivity index (χ3n) is 2.67. The predicted molar refractivity (Wildman–Crippen MR) is 62.3 cm³/mol. The maximum absolute atomic E-state index is 13.5. The number of hydrogen-bond donors (Lipinski definition) is 2. The van der Waals surface area contributed by atoms with Crippen LogP contribution in [0.15, 0.2) is 18.2 Å². The first-order chi connectivity index (χ1) is 8.09. The molecule has 1 amide bonds. The Morgan fingerprint density at radius 3 is 2.94 bits per heavy atom. The van der Waals surface area contributed by atoms with Gasteiger partial charge in [-0.3, -0.25) is 4.79 Å². The second-order valence-electron chi connectivity index (χ2n) is 3.90. The first kappa shape index (κ1) is 12.3. The highest BCUT2D eigenvalue weighted by Crippen LogP contribution is 2.23. The van der Waals surface area contributed by atoms with Gasteiger partial charge in [0.15, 0.2) is 5.82 Å². The molecule has 2 unspecified atom stereocenters. The molecule has 1 aliphatic heterocycles. The van der Waals surface area contributed by atoms with E-state index in [9.17, 15) is 9.18 Å². The Hall–Kier alpha value is -1.17. The molecule has 6 heteroatoms. The quantitative estimate of drug-likeness (QED) is 0.843. The third-order valence-corrected chi connectivity index (χ3v) is 2.96. The number of nitrogens with two attached hydrogens (primary N) is 1. The number of anilines is 1. The summed E-state index contributed by atoms with van der Waals surface area (Å²) in [6, 6.07) is 4.07. The minimum atomic E-state index is -0.644. The molecule has 17 heavy (non-hydrogen) atoms. The fourth-order valence-electron chi connectivity index (χ4n) is 1.67. The smallest absolute Gasteiger partial charge is 0.231 e. The van der Waals surface area contributed by atoms with E-state index >= 15 is 0 Å². The SMILES string of the molecule is NC1COCC1C(=O)Nc1cccc(Cl)c1F. The number of amides is 1. The third kappa shape index (κ3) is 2.57. The lowest BCUT2D eigenvalue weighted by Crippen LogP contribution is -2.37. The number of nitrogens with one attached hydrogen (secondary N) is 1. The molecule has 2 atom stereocenters. The largest absolute Gasteiger partial charge is 0.379 e. The molecule has 0 radical (unpaired) electrons. The molecule has 0 aromatic heterocycles. The van der Waals surface area contributed by atoms with Crippen LogP contribution < -0.4 is 11.1 Å². The number of halogens is 2. The van der Waals surface area contributed by atoms with Gasteiger partial charge in [-0.15, -0.1) is 0 Å². The number of hydrogen-bond acceptors (Lipinski definition) is 3.